The molecule has 0 aliphatic carbocycles. The number of piperidine rings is 1. The largest absolute Gasteiger partial charge is 0.387 e. The zero-order valence-electron chi connectivity index (χ0n) is 11.1. The number of hydrogen-bond donors (Lipinski definition) is 1. The number of amides is 2. The average Bonchev–Trinajstić information content (AvgIpc) is 3.13. The van der Waals surface area contributed by atoms with Gasteiger partial charge in [-0.15, -0.1) is 11.3 Å². The van der Waals surface area contributed by atoms with Crippen LogP contribution in [0.5, 0.6) is 0 Å². The van der Waals surface area contributed by atoms with Gasteiger partial charge >= 0.3 is 0 Å². The van der Waals surface area contributed by atoms with E-state index in [2.05, 4.69) is 4.98 Å². The van der Waals surface area contributed by atoms with Crippen molar-refractivity contribution in [1.82, 2.24) is 14.8 Å². The Morgan fingerprint density at radius 1 is 1.30 bits per heavy atom. The van der Waals surface area contributed by atoms with Gasteiger partial charge in [0.15, 0.2) is 0 Å². The molecule has 1 N–H and O–H groups in total. The van der Waals surface area contributed by atoms with Crippen LogP contribution in [-0.4, -0.2) is 64.5 Å². The van der Waals surface area contributed by atoms with E-state index in [0.717, 1.165) is 13.0 Å². The van der Waals surface area contributed by atoms with E-state index in [1.54, 1.807) is 15.8 Å². The molecule has 2 aliphatic rings. The topological polar surface area (TPSA) is 73.7 Å². The number of aliphatic hydroxyl groups is 1. The normalized spacial score (nSPS) is 25.6. The van der Waals surface area contributed by atoms with Crippen molar-refractivity contribution in [2.24, 2.45) is 11.8 Å². The minimum Gasteiger partial charge on any atom is -0.387 e. The van der Waals surface area contributed by atoms with Gasteiger partial charge in [-0.05, 0) is 18.3 Å². The lowest BCUT2D eigenvalue weighted by atomic mass is 9.88. The Labute approximate surface area is 121 Å². The second-order valence-electron chi connectivity index (χ2n) is 5.39. The van der Waals surface area contributed by atoms with Crippen LogP contribution >= 0.6 is 11.3 Å². The Balaban J connectivity index is 1.64. The molecular weight excluding hydrogens is 278 g/mol. The molecule has 2 saturated heterocycles. The first-order valence-electron chi connectivity index (χ1n) is 6.75. The van der Waals surface area contributed by atoms with Gasteiger partial charge in [0, 0.05) is 31.6 Å². The standard InChI is InChI=1S/C13H17N3O3S/c17-6-12(18)16-3-9-1-2-15(4-10(9)5-16)13(19)11-7-20-8-14-11/h7-10,17H,1-6H2/t9-,10-/m0/s1. The SMILES string of the molecule is O=C(CO)N1C[C@@H]2CN(C(=O)c3cscn3)CC[C@H]2C1. The average molecular weight is 295 g/mol. The highest BCUT2D eigenvalue weighted by atomic mass is 32.1. The van der Waals surface area contributed by atoms with Crippen molar-refractivity contribution < 1.29 is 14.7 Å². The number of nitrogens with zero attached hydrogens (tertiary/aromatic N) is 3. The third-order valence-corrected chi connectivity index (χ3v) is 4.81. The highest BCUT2D eigenvalue weighted by molar-refractivity contribution is 7.07. The van der Waals surface area contributed by atoms with Crippen molar-refractivity contribution >= 4 is 23.2 Å². The molecule has 2 aliphatic heterocycles. The molecule has 1 aromatic rings. The van der Waals surface area contributed by atoms with E-state index >= 15 is 0 Å². The molecule has 0 saturated carbocycles. The quantitative estimate of drug-likeness (QED) is 0.837. The number of fused-ring (bicyclic) bond motifs is 1. The lowest BCUT2D eigenvalue weighted by molar-refractivity contribution is -0.133. The van der Waals surface area contributed by atoms with Crippen molar-refractivity contribution in [2.45, 2.75) is 6.42 Å². The van der Waals surface area contributed by atoms with Gasteiger partial charge in [0.2, 0.25) is 5.91 Å². The van der Waals surface area contributed by atoms with Crippen LogP contribution in [0.2, 0.25) is 0 Å². The van der Waals surface area contributed by atoms with E-state index in [1.165, 1.54) is 11.3 Å². The van der Waals surface area contributed by atoms with Crippen LogP contribution in [-0.2, 0) is 4.79 Å². The number of carbonyl (C=O) groups is 2. The Kier molecular flexibility index (Phi) is 3.71. The fourth-order valence-electron chi connectivity index (χ4n) is 3.14. The summed E-state index contributed by atoms with van der Waals surface area (Å²) in [4.78, 5) is 31.4. The molecule has 0 radical (unpaired) electrons. The molecule has 7 heteroatoms. The molecule has 1 aromatic heterocycles. The Hall–Kier alpha value is -1.47. The minimum atomic E-state index is -0.430. The van der Waals surface area contributed by atoms with Gasteiger partial charge < -0.3 is 14.9 Å². The number of rotatable bonds is 2. The van der Waals surface area contributed by atoms with Gasteiger partial charge in [-0.25, -0.2) is 4.98 Å². The molecule has 0 aromatic carbocycles. The van der Waals surface area contributed by atoms with E-state index < -0.39 is 6.61 Å². The van der Waals surface area contributed by atoms with Crippen molar-refractivity contribution in [1.29, 1.82) is 0 Å². The smallest absolute Gasteiger partial charge is 0.273 e. The zero-order valence-corrected chi connectivity index (χ0v) is 11.9. The molecular formula is C13H17N3O3S. The van der Waals surface area contributed by atoms with E-state index in [9.17, 15) is 9.59 Å². The maximum absolute atomic E-state index is 12.3. The summed E-state index contributed by atoms with van der Waals surface area (Å²) in [6, 6.07) is 0. The monoisotopic (exact) mass is 295 g/mol. The molecule has 0 spiro atoms. The summed E-state index contributed by atoms with van der Waals surface area (Å²) in [5.41, 5.74) is 2.17. The van der Waals surface area contributed by atoms with Crippen LogP contribution in [0, 0.1) is 11.8 Å². The Bertz CT molecular complexity index is 505. The predicted molar refractivity (Wildman–Crippen MR) is 73.3 cm³/mol. The van der Waals surface area contributed by atoms with E-state index in [0.29, 0.717) is 37.2 Å². The molecule has 0 unspecified atom stereocenters. The maximum Gasteiger partial charge on any atom is 0.273 e. The third-order valence-electron chi connectivity index (χ3n) is 4.23. The summed E-state index contributed by atoms with van der Waals surface area (Å²) in [5, 5.41) is 10.7. The third kappa shape index (κ3) is 2.43. The van der Waals surface area contributed by atoms with Crippen LogP contribution in [0.15, 0.2) is 10.9 Å². The van der Waals surface area contributed by atoms with E-state index in [4.69, 9.17) is 5.11 Å². The molecule has 108 valence electrons. The fourth-order valence-corrected chi connectivity index (χ4v) is 3.66. The summed E-state index contributed by atoms with van der Waals surface area (Å²) in [7, 11) is 0. The van der Waals surface area contributed by atoms with Crippen molar-refractivity contribution in [2.75, 3.05) is 32.8 Å². The predicted octanol–water partition coefficient (Wildman–Crippen LogP) is 0.0559. The van der Waals surface area contributed by atoms with Crippen molar-refractivity contribution in [3.63, 3.8) is 0 Å². The lowest BCUT2D eigenvalue weighted by Gasteiger charge is -2.33. The molecule has 3 heterocycles. The lowest BCUT2D eigenvalue weighted by Crippen LogP contribution is -2.43. The number of hydrogen-bond acceptors (Lipinski definition) is 5. The van der Waals surface area contributed by atoms with E-state index in [-0.39, 0.29) is 11.8 Å². The van der Waals surface area contributed by atoms with Crippen LogP contribution in [0.1, 0.15) is 16.9 Å². The fraction of sp³-hybridized carbons (Fsp3) is 0.615. The number of aromatic nitrogens is 1. The molecule has 2 amide bonds. The molecule has 2 atom stereocenters. The van der Waals surface area contributed by atoms with Gasteiger partial charge in [0.1, 0.15) is 12.3 Å². The Morgan fingerprint density at radius 2 is 2.05 bits per heavy atom. The van der Waals surface area contributed by atoms with Crippen LogP contribution in [0.4, 0.5) is 0 Å². The summed E-state index contributed by atoms with van der Waals surface area (Å²) < 4.78 is 0. The second-order valence-corrected chi connectivity index (χ2v) is 6.11. The highest BCUT2D eigenvalue weighted by Gasteiger charge is 2.39. The minimum absolute atomic E-state index is 0.0170. The summed E-state index contributed by atoms with van der Waals surface area (Å²) in [6.45, 7) is 2.32. The van der Waals surface area contributed by atoms with Gasteiger partial charge in [-0.1, -0.05) is 0 Å². The summed E-state index contributed by atoms with van der Waals surface area (Å²) >= 11 is 1.42. The first kappa shape index (κ1) is 13.5. The van der Waals surface area contributed by atoms with Gasteiger partial charge in [0.05, 0.1) is 5.51 Å². The zero-order chi connectivity index (χ0) is 14.1. The molecule has 20 heavy (non-hydrogen) atoms. The first-order valence-corrected chi connectivity index (χ1v) is 7.69. The number of carbonyl (C=O) groups excluding carboxylic acids is 2. The van der Waals surface area contributed by atoms with Crippen LogP contribution < -0.4 is 0 Å². The first-order chi connectivity index (χ1) is 9.69. The van der Waals surface area contributed by atoms with E-state index in [1.807, 2.05) is 4.90 Å². The molecule has 0 bridgehead atoms. The van der Waals surface area contributed by atoms with Crippen molar-refractivity contribution in [3.05, 3.63) is 16.6 Å². The maximum atomic E-state index is 12.3. The number of aliphatic hydroxyl groups excluding tert-OH is 1. The number of likely N-dealkylation sites (tertiary alicyclic amines) is 2. The van der Waals surface area contributed by atoms with Crippen LogP contribution in [0.3, 0.4) is 0 Å². The van der Waals surface area contributed by atoms with Crippen molar-refractivity contribution in [3.8, 4) is 0 Å². The number of thiazole rings is 1. The second kappa shape index (κ2) is 5.49. The van der Waals surface area contributed by atoms with Crippen LogP contribution in [0.25, 0.3) is 0 Å². The Morgan fingerprint density at radius 3 is 2.75 bits per heavy atom. The summed E-state index contributed by atoms with van der Waals surface area (Å²) in [6.07, 6.45) is 0.912. The summed E-state index contributed by atoms with van der Waals surface area (Å²) in [5.74, 6) is 0.542. The van der Waals surface area contributed by atoms with Gasteiger partial charge in [0.25, 0.3) is 5.91 Å². The molecule has 6 nitrogen and oxygen atoms in total. The molecule has 3 rings (SSSR count). The highest BCUT2D eigenvalue weighted by Crippen LogP contribution is 2.31. The van der Waals surface area contributed by atoms with Gasteiger partial charge in [-0.2, -0.15) is 0 Å². The van der Waals surface area contributed by atoms with Gasteiger partial charge in [-0.3, -0.25) is 9.59 Å². The molecule has 2 fully saturated rings.